The van der Waals surface area contributed by atoms with Gasteiger partial charge in [0.15, 0.2) is 0 Å². The molecule has 0 N–H and O–H groups in total. The molecule has 1 aromatic rings. The van der Waals surface area contributed by atoms with Crippen molar-refractivity contribution in [1.82, 2.24) is 4.90 Å². The zero-order valence-electron chi connectivity index (χ0n) is 16.1. The molecule has 1 aromatic carbocycles. The molecule has 0 saturated carbocycles. The molecule has 28 heavy (non-hydrogen) atoms. The van der Waals surface area contributed by atoms with Gasteiger partial charge in [0.2, 0.25) is 0 Å². The smallest absolute Gasteiger partial charge is 0.326 e. The third-order valence-corrected chi connectivity index (χ3v) is 5.54. The number of esters is 1. The number of nitrogens with zero attached hydrogens (tertiary/aromatic N) is 2. The molecule has 0 aromatic heterocycles. The largest absolute Gasteiger partial charge is 0.461 e. The Morgan fingerprint density at radius 1 is 1.25 bits per heavy atom. The molecule has 150 valence electrons. The van der Waals surface area contributed by atoms with Crippen molar-refractivity contribution in [3.8, 4) is 0 Å². The summed E-state index contributed by atoms with van der Waals surface area (Å²) in [6.07, 6.45) is 2.11. The van der Waals surface area contributed by atoms with E-state index in [0.29, 0.717) is 24.5 Å². The Bertz CT molecular complexity index is 771. The van der Waals surface area contributed by atoms with E-state index in [1.807, 2.05) is 31.2 Å². The maximum atomic E-state index is 12.5. The van der Waals surface area contributed by atoms with Crippen LogP contribution in [0.5, 0.6) is 0 Å². The first-order valence-corrected chi connectivity index (χ1v) is 10.2. The van der Waals surface area contributed by atoms with Crippen molar-refractivity contribution in [3.63, 3.8) is 0 Å². The Kier molecular flexibility index (Phi) is 6.74. The summed E-state index contributed by atoms with van der Waals surface area (Å²) in [5.41, 5.74) is 1.92. The first-order valence-electron chi connectivity index (χ1n) is 9.35. The first kappa shape index (κ1) is 20.4. The number of benzene rings is 1. The van der Waals surface area contributed by atoms with Gasteiger partial charge < -0.3 is 14.4 Å². The number of carbonyl (C=O) groups excluding carboxylic acids is 3. The highest BCUT2D eigenvalue weighted by atomic mass is 32.2. The lowest BCUT2D eigenvalue weighted by atomic mass is 10.1. The van der Waals surface area contributed by atoms with E-state index in [-0.39, 0.29) is 12.6 Å². The number of hydrogen-bond acceptors (Lipinski definition) is 7. The fourth-order valence-corrected chi connectivity index (χ4v) is 3.70. The van der Waals surface area contributed by atoms with E-state index in [1.54, 1.807) is 13.0 Å². The quantitative estimate of drug-likeness (QED) is 0.533. The molecule has 1 atom stereocenters. The van der Waals surface area contributed by atoms with Gasteiger partial charge in [-0.15, -0.1) is 0 Å². The predicted molar refractivity (Wildman–Crippen MR) is 108 cm³/mol. The van der Waals surface area contributed by atoms with E-state index < -0.39 is 17.1 Å². The zero-order valence-corrected chi connectivity index (χ0v) is 16.9. The molecule has 3 rings (SSSR count). The summed E-state index contributed by atoms with van der Waals surface area (Å²) in [5, 5.41) is -0.456. The molecule has 0 radical (unpaired) electrons. The standard InChI is InChI=1S/C20H24N2O5S/c1-3-14(2)27-18(23)13-22-19(24)17(28-20(22)25)12-15-4-6-16(7-5-15)21-8-10-26-11-9-21/h4-7,12,14H,3,8-11,13H2,1-2H3/b17-12+/t14-/m0/s1. The number of morpholine rings is 1. The summed E-state index contributed by atoms with van der Waals surface area (Å²) in [5.74, 6) is -1.04. The fourth-order valence-electron chi connectivity index (χ4n) is 2.86. The summed E-state index contributed by atoms with van der Waals surface area (Å²) in [6.45, 7) is 6.44. The van der Waals surface area contributed by atoms with Gasteiger partial charge in [-0.2, -0.15) is 0 Å². The lowest BCUT2D eigenvalue weighted by Crippen LogP contribution is -2.36. The highest BCUT2D eigenvalue weighted by Gasteiger charge is 2.36. The van der Waals surface area contributed by atoms with Crippen LogP contribution in [-0.2, 0) is 19.1 Å². The molecule has 0 unspecified atom stereocenters. The molecule has 2 amide bonds. The fraction of sp³-hybridized carbons (Fsp3) is 0.450. The van der Waals surface area contributed by atoms with Crippen molar-refractivity contribution >= 4 is 40.6 Å². The average molecular weight is 404 g/mol. The molecule has 0 aliphatic carbocycles. The number of thioether (sulfide) groups is 1. The second kappa shape index (κ2) is 9.25. The Morgan fingerprint density at radius 2 is 1.93 bits per heavy atom. The van der Waals surface area contributed by atoms with Crippen molar-refractivity contribution < 1.29 is 23.9 Å². The van der Waals surface area contributed by atoms with Crippen LogP contribution in [-0.4, -0.2) is 61.0 Å². The van der Waals surface area contributed by atoms with E-state index in [1.165, 1.54) is 0 Å². The normalized spacial score (nSPS) is 20.0. The van der Waals surface area contributed by atoms with E-state index in [4.69, 9.17) is 9.47 Å². The number of hydrogen-bond donors (Lipinski definition) is 0. The van der Waals surface area contributed by atoms with Gasteiger partial charge in [-0.05, 0) is 48.9 Å². The number of rotatable bonds is 6. The van der Waals surface area contributed by atoms with Crippen LogP contribution >= 0.6 is 11.8 Å². The van der Waals surface area contributed by atoms with Crippen LogP contribution in [0.25, 0.3) is 6.08 Å². The van der Waals surface area contributed by atoms with Gasteiger partial charge in [0, 0.05) is 18.8 Å². The Balaban J connectivity index is 1.65. The van der Waals surface area contributed by atoms with Crippen molar-refractivity contribution in [2.45, 2.75) is 26.4 Å². The third-order valence-electron chi connectivity index (χ3n) is 4.64. The summed E-state index contributed by atoms with van der Waals surface area (Å²) >= 11 is 0.839. The first-order chi connectivity index (χ1) is 13.5. The van der Waals surface area contributed by atoms with Crippen molar-refractivity contribution in [1.29, 1.82) is 0 Å². The van der Waals surface area contributed by atoms with Crippen LogP contribution in [0.15, 0.2) is 29.2 Å². The van der Waals surface area contributed by atoms with Crippen LogP contribution in [0.4, 0.5) is 10.5 Å². The average Bonchev–Trinajstić information content (AvgIpc) is 2.96. The molecule has 2 saturated heterocycles. The Morgan fingerprint density at radius 3 is 2.57 bits per heavy atom. The third kappa shape index (κ3) is 4.94. The minimum atomic E-state index is -0.576. The topological polar surface area (TPSA) is 76.2 Å². The molecule has 2 heterocycles. The molecular formula is C20H24N2O5S. The molecule has 2 fully saturated rings. The van der Waals surface area contributed by atoms with Crippen LogP contribution in [0, 0.1) is 0 Å². The van der Waals surface area contributed by atoms with Crippen LogP contribution < -0.4 is 4.90 Å². The summed E-state index contributed by atoms with van der Waals surface area (Å²) in [4.78, 5) is 40.0. The molecule has 7 nitrogen and oxygen atoms in total. The zero-order chi connectivity index (χ0) is 20.1. The van der Waals surface area contributed by atoms with Gasteiger partial charge in [-0.25, -0.2) is 0 Å². The maximum Gasteiger partial charge on any atom is 0.326 e. The van der Waals surface area contributed by atoms with E-state index in [2.05, 4.69) is 4.90 Å². The van der Waals surface area contributed by atoms with Gasteiger partial charge >= 0.3 is 5.97 Å². The second-order valence-corrected chi connectivity index (χ2v) is 7.66. The Labute approximate surface area is 168 Å². The number of carbonyl (C=O) groups is 3. The number of ether oxygens (including phenoxy) is 2. The molecule has 0 bridgehead atoms. The second-order valence-electron chi connectivity index (χ2n) is 6.67. The molecule has 2 aliphatic heterocycles. The van der Waals surface area contributed by atoms with Crippen LogP contribution in [0.3, 0.4) is 0 Å². The maximum absolute atomic E-state index is 12.5. The van der Waals surface area contributed by atoms with Crippen molar-refractivity contribution in [2.24, 2.45) is 0 Å². The van der Waals surface area contributed by atoms with Crippen LogP contribution in [0.1, 0.15) is 25.8 Å². The van der Waals surface area contributed by atoms with E-state index >= 15 is 0 Å². The SMILES string of the molecule is CC[C@H](C)OC(=O)CN1C(=O)S/C(=C/c2ccc(N3CCOCC3)cc2)C1=O. The van der Waals surface area contributed by atoms with E-state index in [9.17, 15) is 14.4 Å². The van der Waals surface area contributed by atoms with Crippen molar-refractivity contribution in [3.05, 3.63) is 34.7 Å². The molecule has 0 spiro atoms. The van der Waals surface area contributed by atoms with E-state index in [0.717, 1.165) is 41.0 Å². The number of imide groups is 1. The minimum absolute atomic E-state index is 0.243. The lowest BCUT2D eigenvalue weighted by Gasteiger charge is -2.28. The Hall–Kier alpha value is -2.32. The van der Waals surface area contributed by atoms with Gasteiger partial charge in [-0.3, -0.25) is 19.3 Å². The van der Waals surface area contributed by atoms with Gasteiger partial charge in [0.1, 0.15) is 6.54 Å². The number of anilines is 1. The summed E-state index contributed by atoms with van der Waals surface area (Å²) in [6, 6.07) is 7.81. The molecule has 2 aliphatic rings. The summed E-state index contributed by atoms with van der Waals surface area (Å²) < 4.78 is 10.5. The predicted octanol–water partition coefficient (Wildman–Crippen LogP) is 2.90. The number of amides is 2. The highest BCUT2D eigenvalue weighted by Crippen LogP contribution is 2.32. The van der Waals surface area contributed by atoms with Crippen molar-refractivity contribution in [2.75, 3.05) is 37.7 Å². The van der Waals surface area contributed by atoms with Crippen LogP contribution in [0.2, 0.25) is 0 Å². The summed E-state index contributed by atoms with van der Waals surface area (Å²) in [7, 11) is 0. The molecular weight excluding hydrogens is 380 g/mol. The monoisotopic (exact) mass is 404 g/mol. The van der Waals surface area contributed by atoms with Gasteiger partial charge in [-0.1, -0.05) is 19.1 Å². The lowest BCUT2D eigenvalue weighted by molar-refractivity contribution is -0.150. The highest BCUT2D eigenvalue weighted by molar-refractivity contribution is 8.18. The van der Waals surface area contributed by atoms with Gasteiger partial charge in [0.25, 0.3) is 11.1 Å². The minimum Gasteiger partial charge on any atom is -0.461 e. The molecule has 8 heteroatoms. The van der Waals surface area contributed by atoms with Gasteiger partial charge in [0.05, 0.1) is 24.2 Å².